The molecular formula is C12H16INO3. The molecule has 1 rings (SSSR count). The lowest BCUT2D eigenvalue weighted by Gasteiger charge is -2.12. The average Bonchev–Trinajstić information content (AvgIpc) is 2.37. The first-order valence-corrected chi connectivity index (χ1v) is 6.82. The molecule has 0 saturated carbocycles. The van der Waals surface area contributed by atoms with Crippen molar-refractivity contribution in [2.24, 2.45) is 0 Å². The summed E-state index contributed by atoms with van der Waals surface area (Å²) >= 11 is 2.28. The summed E-state index contributed by atoms with van der Waals surface area (Å²) in [6, 6.07) is 5.26. The van der Waals surface area contributed by atoms with E-state index in [9.17, 15) is 4.79 Å². The van der Waals surface area contributed by atoms with Crippen LogP contribution in [0.5, 0.6) is 11.5 Å². The van der Waals surface area contributed by atoms with Gasteiger partial charge in [0.2, 0.25) is 0 Å². The van der Waals surface area contributed by atoms with Crippen LogP contribution in [0.4, 0.5) is 0 Å². The first-order chi connectivity index (χ1) is 8.24. The normalized spacial score (nSPS) is 9.82. The molecule has 17 heavy (non-hydrogen) atoms. The van der Waals surface area contributed by atoms with E-state index in [-0.39, 0.29) is 5.91 Å². The molecule has 94 valence electrons. The number of hydrogen-bond donors (Lipinski definition) is 1. The number of carbonyl (C=O) groups is 1. The van der Waals surface area contributed by atoms with E-state index < -0.39 is 0 Å². The molecular weight excluding hydrogens is 333 g/mol. The minimum atomic E-state index is -0.134. The molecule has 5 heteroatoms. The molecule has 0 saturated heterocycles. The molecule has 1 amide bonds. The number of alkyl halides is 1. The van der Waals surface area contributed by atoms with Crippen LogP contribution in [0.1, 0.15) is 16.8 Å². The van der Waals surface area contributed by atoms with Crippen LogP contribution in [0, 0.1) is 0 Å². The minimum Gasteiger partial charge on any atom is -0.493 e. The highest BCUT2D eigenvalue weighted by molar-refractivity contribution is 14.1. The van der Waals surface area contributed by atoms with Gasteiger partial charge in [-0.1, -0.05) is 28.7 Å². The highest BCUT2D eigenvalue weighted by Gasteiger charge is 2.15. The van der Waals surface area contributed by atoms with Crippen molar-refractivity contribution in [3.8, 4) is 11.5 Å². The Hall–Kier alpha value is -0.980. The van der Waals surface area contributed by atoms with Gasteiger partial charge >= 0.3 is 0 Å². The number of methoxy groups -OCH3 is 2. The molecule has 1 aromatic carbocycles. The molecule has 0 spiro atoms. The zero-order chi connectivity index (χ0) is 12.7. The van der Waals surface area contributed by atoms with E-state index in [1.807, 2.05) is 0 Å². The van der Waals surface area contributed by atoms with Crippen molar-refractivity contribution in [3.05, 3.63) is 23.8 Å². The molecule has 0 atom stereocenters. The molecule has 0 aliphatic rings. The van der Waals surface area contributed by atoms with Gasteiger partial charge in [-0.15, -0.1) is 0 Å². The van der Waals surface area contributed by atoms with Crippen molar-refractivity contribution >= 4 is 28.5 Å². The second-order valence-electron chi connectivity index (χ2n) is 3.34. The first-order valence-electron chi connectivity index (χ1n) is 5.29. The summed E-state index contributed by atoms with van der Waals surface area (Å²) in [7, 11) is 3.08. The quantitative estimate of drug-likeness (QED) is 0.487. The molecule has 0 aliphatic carbocycles. The third kappa shape index (κ3) is 3.76. The van der Waals surface area contributed by atoms with Crippen LogP contribution in [0.25, 0.3) is 0 Å². The summed E-state index contributed by atoms with van der Waals surface area (Å²) in [5.41, 5.74) is 0.500. The van der Waals surface area contributed by atoms with Crippen molar-refractivity contribution < 1.29 is 14.3 Å². The van der Waals surface area contributed by atoms with Crippen LogP contribution in [-0.4, -0.2) is 31.1 Å². The maximum atomic E-state index is 11.9. The van der Waals surface area contributed by atoms with Gasteiger partial charge in [-0.3, -0.25) is 4.79 Å². The molecule has 0 heterocycles. The highest BCUT2D eigenvalue weighted by Crippen LogP contribution is 2.30. The maximum absolute atomic E-state index is 11.9. The number of carbonyl (C=O) groups excluding carboxylic acids is 1. The van der Waals surface area contributed by atoms with Gasteiger partial charge in [0.25, 0.3) is 5.91 Å². The van der Waals surface area contributed by atoms with E-state index in [0.717, 1.165) is 10.8 Å². The lowest BCUT2D eigenvalue weighted by Crippen LogP contribution is -2.25. The van der Waals surface area contributed by atoms with Crippen LogP contribution in [0.15, 0.2) is 18.2 Å². The lowest BCUT2D eigenvalue weighted by atomic mass is 10.1. The van der Waals surface area contributed by atoms with E-state index in [0.29, 0.717) is 23.6 Å². The van der Waals surface area contributed by atoms with Gasteiger partial charge in [0.1, 0.15) is 0 Å². The van der Waals surface area contributed by atoms with E-state index in [1.54, 1.807) is 25.3 Å². The second kappa shape index (κ2) is 7.37. The van der Waals surface area contributed by atoms with Crippen molar-refractivity contribution in [1.82, 2.24) is 5.32 Å². The monoisotopic (exact) mass is 349 g/mol. The highest BCUT2D eigenvalue weighted by atomic mass is 127. The molecule has 0 aliphatic heterocycles. The van der Waals surface area contributed by atoms with Gasteiger partial charge in [-0.2, -0.15) is 0 Å². The predicted molar refractivity (Wildman–Crippen MR) is 75.4 cm³/mol. The van der Waals surface area contributed by atoms with Gasteiger partial charge in [0, 0.05) is 11.0 Å². The Balaban J connectivity index is 2.85. The Labute approximate surface area is 115 Å². The molecule has 0 bridgehead atoms. The zero-order valence-electron chi connectivity index (χ0n) is 9.96. The van der Waals surface area contributed by atoms with Crippen LogP contribution in [-0.2, 0) is 0 Å². The standard InChI is InChI=1S/C12H16INO3/c1-16-10-6-3-5-9(11(10)17-2)12(15)14-8-4-7-13/h3,5-6H,4,7-8H2,1-2H3,(H,14,15). The van der Waals surface area contributed by atoms with E-state index >= 15 is 0 Å². The Bertz CT molecular complexity index is 382. The number of benzene rings is 1. The van der Waals surface area contributed by atoms with Crippen molar-refractivity contribution in [3.63, 3.8) is 0 Å². The van der Waals surface area contributed by atoms with Crippen LogP contribution in [0.3, 0.4) is 0 Å². The number of amides is 1. The van der Waals surface area contributed by atoms with Crippen molar-refractivity contribution in [2.45, 2.75) is 6.42 Å². The smallest absolute Gasteiger partial charge is 0.255 e. The summed E-state index contributed by atoms with van der Waals surface area (Å²) in [6.07, 6.45) is 0.957. The summed E-state index contributed by atoms with van der Waals surface area (Å²) in [5.74, 6) is 0.904. The zero-order valence-corrected chi connectivity index (χ0v) is 12.1. The Morgan fingerprint density at radius 1 is 1.35 bits per heavy atom. The van der Waals surface area contributed by atoms with E-state index in [1.165, 1.54) is 7.11 Å². The third-order valence-electron chi connectivity index (χ3n) is 2.24. The summed E-state index contributed by atoms with van der Waals surface area (Å²) in [5, 5.41) is 2.85. The van der Waals surface area contributed by atoms with Gasteiger partial charge in [0.05, 0.1) is 19.8 Å². The first kappa shape index (κ1) is 14.1. The van der Waals surface area contributed by atoms with Crippen LogP contribution < -0.4 is 14.8 Å². The molecule has 0 radical (unpaired) electrons. The number of halogens is 1. The van der Waals surface area contributed by atoms with Crippen LogP contribution >= 0.6 is 22.6 Å². The molecule has 4 nitrogen and oxygen atoms in total. The van der Waals surface area contributed by atoms with Gasteiger partial charge < -0.3 is 14.8 Å². The largest absolute Gasteiger partial charge is 0.493 e. The predicted octanol–water partition coefficient (Wildman–Crippen LogP) is 2.26. The number of rotatable bonds is 6. The summed E-state index contributed by atoms with van der Waals surface area (Å²) < 4.78 is 11.4. The fourth-order valence-electron chi connectivity index (χ4n) is 1.43. The Kier molecular flexibility index (Phi) is 6.10. The minimum absolute atomic E-state index is 0.134. The fourth-order valence-corrected chi connectivity index (χ4v) is 1.81. The van der Waals surface area contributed by atoms with E-state index in [4.69, 9.17) is 9.47 Å². The van der Waals surface area contributed by atoms with Gasteiger partial charge in [-0.25, -0.2) is 0 Å². The number of nitrogens with one attached hydrogen (secondary N) is 1. The van der Waals surface area contributed by atoms with E-state index in [2.05, 4.69) is 27.9 Å². The molecule has 0 aromatic heterocycles. The third-order valence-corrected chi connectivity index (χ3v) is 3.01. The topological polar surface area (TPSA) is 47.6 Å². The van der Waals surface area contributed by atoms with Crippen LogP contribution in [0.2, 0.25) is 0 Å². The SMILES string of the molecule is COc1cccc(C(=O)NCCCI)c1OC. The summed E-state index contributed by atoms with van der Waals surface area (Å²) in [4.78, 5) is 11.9. The number of hydrogen-bond acceptors (Lipinski definition) is 3. The fraction of sp³-hybridized carbons (Fsp3) is 0.417. The molecule has 1 N–H and O–H groups in total. The lowest BCUT2D eigenvalue weighted by molar-refractivity contribution is 0.0950. The Morgan fingerprint density at radius 2 is 2.12 bits per heavy atom. The van der Waals surface area contributed by atoms with Gasteiger partial charge in [-0.05, 0) is 18.6 Å². The number of ether oxygens (including phenoxy) is 2. The average molecular weight is 349 g/mol. The van der Waals surface area contributed by atoms with Crippen molar-refractivity contribution in [2.75, 3.05) is 25.2 Å². The maximum Gasteiger partial charge on any atom is 0.255 e. The molecule has 1 aromatic rings. The van der Waals surface area contributed by atoms with Crippen molar-refractivity contribution in [1.29, 1.82) is 0 Å². The van der Waals surface area contributed by atoms with Gasteiger partial charge in [0.15, 0.2) is 11.5 Å². The number of para-hydroxylation sites is 1. The molecule has 0 unspecified atom stereocenters. The molecule has 0 fully saturated rings. The second-order valence-corrected chi connectivity index (χ2v) is 4.42. The summed E-state index contributed by atoms with van der Waals surface area (Å²) in [6.45, 7) is 0.669. The Morgan fingerprint density at radius 3 is 2.71 bits per heavy atom.